The maximum Gasteiger partial charge on any atom is 0.118 e. The van der Waals surface area contributed by atoms with E-state index in [1.54, 1.807) is 7.11 Å². The Labute approximate surface area is 116 Å². The molecule has 1 aliphatic rings. The van der Waals surface area contributed by atoms with Gasteiger partial charge in [-0.05, 0) is 62.4 Å². The van der Waals surface area contributed by atoms with Crippen molar-refractivity contribution in [1.82, 2.24) is 5.32 Å². The number of ether oxygens (including phenoxy) is 1. The summed E-state index contributed by atoms with van der Waals surface area (Å²) in [6.07, 6.45) is 5.36. The zero-order valence-corrected chi connectivity index (χ0v) is 11.8. The summed E-state index contributed by atoms with van der Waals surface area (Å²) in [5.74, 6) is 1.56. The van der Waals surface area contributed by atoms with Crippen molar-refractivity contribution in [2.75, 3.05) is 20.2 Å². The Kier molecular flexibility index (Phi) is 5.67. The number of nitrogens with one attached hydrogen (secondary N) is 1. The molecule has 3 heteroatoms. The molecule has 0 spiro atoms. The lowest BCUT2D eigenvalue weighted by molar-refractivity contribution is 0.101. The van der Waals surface area contributed by atoms with Crippen molar-refractivity contribution in [2.45, 2.75) is 38.2 Å². The normalized spacial score (nSPS) is 23.3. The van der Waals surface area contributed by atoms with E-state index in [4.69, 9.17) is 4.74 Å². The molecule has 1 aromatic rings. The van der Waals surface area contributed by atoms with Crippen LogP contribution in [0.4, 0.5) is 0 Å². The van der Waals surface area contributed by atoms with Gasteiger partial charge in [0.2, 0.25) is 0 Å². The molecule has 2 unspecified atom stereocenters. The highest BCUT2D eigenvalue weighted by Crippen LogP contribution is 2.23. The molecule has 0 aromatic heterocycles. The third-order valence-corrected chi connectivity index (χ3v) is 3.94. The Morgan fingerprint density at radius 3 is 2.74 bits per heavy atom. The molecule has 1 aromatic carbocycles. The summed E-state index contributed by atoms with van der Waals surface area (Å²) >= 11 is 0. The first-order chi connectivity index (χ1) is 9.28. The van der Waals surface area contributed by atoms with Gasteiger partial charge in [-0.2, -0.15) is 0 Å². The summed E-state index contributed by atoms with van der Waals surface area (Å²) in [5.41, 5.74) is 1.33. The lowest BCUT2D eigenvalue weighted by atomic mass is 9.87. The van der Waals surface area contributed by atoms with Crippen molar-refractivity contribution in [3.05, 3.63) is 29.8 Å². The summed E-state index contributed by atoms with van der Waals surface area (Å²) < 4.78 is 5.14. The molecule has 0 saturated heterocycles. The number of rotatable bonds is 6. The van der Waals surface area contributed by atoms with Gasteiger partial charge in [0, 0.05) is 0 Å². The van der Waals surface area contributed by atoms with Crippen molar-refractivity contribution in [2.24, 2.45) is 5.92 Å². The minimum atomic E-state index is -0.0675. The summed E-state index contributed by atoms with van der Waals surface area (Å²) in [6.45, 7) is 2.03. The van der Waals surface area contributed by atoms with Crippen LogP contribution in [0, 0.1) is 5.92 Å². The van der Waals surface area contributed by atoms with Crippen LogP contribution in [0.2, 0.25) is 0 Å². The highest BCUT2D eigenvalue weighted by Gasteiger charge is 2.19. The molecule has 1 aliphatic carbocycles. The molecule has 0 amide bonds. The van der Waals surface area contributed by atoms with Crippen molar-refractivity contribution in [1.29, 1.82) is 0 Å². The molecule has 1 fully saturated rings. The lowest BCUT2D eigenvalue weighted by Gasteiger charge is -2.26. The molecule has 0 bridgehead atoms. The summed E-state index contributed by atoms with van der Waals surface area (Å²) in [7, 11) is 1.69. The van der Waals surface area contributed by atoms with Gasteiger partial charge in [-0.15, -0.1) is 0 Å². The third-order valence-electron chi connectivity index (χ3n) is 3.94. The van der Waals surface area contributed by atoms with Gasteiger partial charge >= 0.3 is 0 Å². The number of aliphatic hydroxyl groups excluding tert-OH is 1. The van der Waals surface area contributed by atoms with E-state index in [-0.39, 0.29) is 6.10 Å². The fraction of sp³-hybridized carbons (Fsp3) is 0.625. The van der Waals surface area contributed by atoms with Gasteiger partial charge in [-0.1, -0.05) is 18.6 Å². The monoisotopic (exact) mass is 263 g/mol. The standard InChI is InChI=1S/C16H25NO2/c1-19-16-7-5-13(6-8-16)9-10-17-12-14-3-2-4-15(18)11-14/h5-8,14-15,17-18H,2-4,9-12H2,1H3. The summed E-state index contributed by atoms with van der Waals surface area (Å²) in [5, 5.41) is 13.1. The van der Waals surface area contributed by atoms with Crippen LogP contribution in [0.3, 0.4) is 0 Å². The van der Waals surface area contributed by atoms with Gasteiger partial charge in [0.25, 0.3) is 0 Å². The van der Waals surface area contributed by atoms with Gasteiger partial charge in [-0.25, -0.2) is 0 Å². The molecule has 1 saturated carbocycles. The molecular formula is C16H25NO2. The van der Waals surface area contributed by atoms with E-state index in [1.165, 1.54) is 18.4 Å². The zero-order chi connectivity index (χ0) is 13.5. The van der Waals surface area contributed by atoms with Crippen molar-refractivity contribution in [3.8, 4) is 5.75 Å². The minimum absolute atomic E-state index is 0.0675. The van der Waals surface area contributed by atoms with Gasteiger partial charge in [0.05, 0.1) is 13.2 Å². The third kappa shape index (κ3) is 4.84. The average molecular weight is 263 g/mol. The Morgan fingerprint density at radius 1 is 1.26 bits per heavy atom. The number of hydrogen-bond acceptors (Lipinski definition) is 3. The van der Waals surface area contributed by atoms with Gasteiger partial charge in [-0.3, -0.25) is 0 Å². The molecule has 2 N–H and O–H groups in total. The second kappa shape index (κ2) is 7.51. The van der Waals surface area contributed by atoms with Crippen LogP contribution in [0.1, 0.15) is 31.2 Å². The van der Waals surface area contributed by atoms with E-state index in [1.807, 2.05) is 12.1 Å². The predicted octanol–water partition coefficient (Wildman–Crippen LogP) is 2.38. The Balaban J connectivity index is 1.63. The van der Waals surface area contributed by atoms with Crippen molar-refractivity contribution in [3.63, 3.8) is 0 Å². The zero-order valence-electron chi connectivity index (χ0n) is 11.8. The van der Waals surface area contributed by atoms with Crippen LogP contribution < -0.4 is 10.1 Å². The second-order valence-corrected chi connectivity index (χ2v) is 5.49. The quantitative estimate of drug-likeness (QED) is 0.774. The summed E-state index contributed by atoms with van der Waals surface area (Å²) in [4.78, 5) is 0. The molecule has 2 atom stereocenters. The number of hydrogen-bond donors (Lipinski definition) is 2. The van der Waals surface area contributed by atoms with Crippen LogP contribution in [0.15, 0.2) is 24.3 Å². The smallest absolute Gasteiger partial charge is 0.118 e. The molecular weight excluding hydrogens is 238 g/mol. The van der Waals surface area contributed by atoms with Crippen LogP contribution in [0.25, 0.3) is 0 Å². The first-order valence-electron chi connectivity index (χ1n) is 7.29. The molecule has 0 aliphatic heterocycles. The Hall–Kier alpha value is -1.06. The van der Waals surface area contributed by atoms with Crippen LogP contribution in [-0.4, -0.2) is 31.4 Å². The van der Waals surface area contributed by atoms with Crippen LogP contribution in [-0.2, 0) is 6.42 Å². The maximum absolute atomic E-state index is 9.62. The first-order valence-corrected chi connectivity index (χ1v) is 7.29. The molecule has 19 heavy (non-hydrogen) atoms. The van der Waals surface area contributed by atoms with E-state index in [0.29, 0.717) is 5.92 Å². The van der Waals surface area contributed by atoms with Gasteiger partial charge < -0.3 is 15.2 Å². The van der Waals surface area contributed by atoms with E-state index in [9.17, 15) is 5.11 Å². The van der Waals surface area contributed by atoms with Gasteiger partial charge in [0.1, 0.15) is 5.75 Å². The number of aliphatic hydroxyl groups is 1. The van der Waals surface area contributed by atoms with E-state index < -0.39 is 0 Å². The first kappa shape index (κ1) is 14.4. The Morgan fingerprint density at radius 2 is 2.05 bits per heavy atom. The SMILES string of the molecule is COc1ccc(CCNCC2CCCC(O)C2)cc1. The highest BCUT2D eigenvalue weighted by molar-refractivity contribution is 5.27. The van der Waals surface area contributed by atoms with Crippen LogP contribution in [0.5, 0.6) is 5.75 Å². The van der Waals surface area contributed by atoms with Crippen LogP contribution >= 0.6 is 0 Å². The van der Waals surface area contributed by atoms with Crippen molar-refractivity contribution < 1.29 is 9.84 Å². The minimum Gasteiger partial charge on any atom is -0.497 e. The van der Waals surface area contributed by atoms with E-state index in [2.05, 4.69) is 17.4 Å². The maximum atomic E-state index is 9.62. The number of benzene rings is 1. The van der Waals surface area contributed by atoms with E-state index in [0.717, 1.165) is 38.1 Å². The van der Waals surface area contributed by atoms with Crippen molar-refractivity contribution >= 4 is 0 Å². The summed E-state index contributed by atoms with van der Waals surface area (Å²) in [6, 6.07) is 8.25. The fourth-order valence-corrected chi connectivity index (χ4v) is 2.78. The molecule has 2 rings (SSSR count). The fourth-order valence-electron chi connectivity index (χ4n) is 2.78. The lowest BCUT2D eigenvalue weighted by Crippen LogP contribution is -2.30. The largest absolute Gasteiger partial charge is 0.497 e. The highest BCUT2D eigenvalue weighted by atomic mass is 16.5. The Bertz CT molecular complexity index is 364. The molecule has 0 radical (unpaired) electrons. The van der Waals surface area contributed by atoms with Gasteiger partial charge in [0.15, 0.2) is 0 Å². The molecule has 106 valence electrons. The average Bonchev–Trinajstić information content (AvgIpc) is 2.44. The number of methoxy groups -OCH3 is 1. The predicted molar refractivity (Wildman–Crippen MR) is 77.5 cm³/mol. The second-order valence-electron chi connectivity index (χ2n) is 5.49. The molecule has 3 nitrogen and oxygen atoms in total. The topological polar surface area (TPSA) is 41.5 Å². The molecule has 0 heterocycles. The van der Waals surface area contributed by atoms with E-state index >= 15 is 0 Å².